The third-order valence-corrected chi connectivity index (χ3v) is 6.46. The summed E-state index contributed by atoms with van der Waals surface area (Å²) in [5, 5.41) is 4.23. The number of aryl methyl sites for hydroxylation is 1. The molecule has 3 rings (SSSR count). The molecule has 0 bridgehead atoms. The van der Waals surface area contributed by atoms with Gasteiger partial charge in [-0.1, -0.05) is 30.3 Å². The van der Waals surface area contributed by atoms with Gasteiger partial charge in [0.25, 0.3) is 0 Å². The van der Waals surface area contributed by atoms with Crippen LogP contribution in [0.4, 0.5) is 13.2 Å². The normalized spacial score (nSPS) is 12.6. The van der Waals surface area contributed by atoms with Gasteiger partial charge in [-0.3, -0.25) is 0 Å². The number of benzene rings is 2. The van der Waals surface area contributed by atoms with Crippen molar-refractivity contribution in [2.24, 2.45) is 0 Å². The fourth-order valence-corrected chi connectivity index (χ4v) is 4.65. The first-order chi connectivity index (χ1) is 14.7. The second-order valence-corrected chi connectivity index (χ2v) is 9.94. The zero-order valence-electron chi connectivity index (χ0n) is 17.8. The van der Waals surface area contributed by atoms with Crippen molar-refractivity contribution in [1.82, 2.24) is 9.78 Å². The Morgan fingerprint density at radius 3 is 2.09 bits per heavy atom. The molecule has 170 valence electrons. The van der Waals surface area contributed by atoms with Gasteiger partial charge >= 0.3 is 12.1 Å². The minimum absolute atomic E-state index is 0.0516. The Labute approximate surface area is 183 Å². The summed E-state index contributed by atoms with van der Waals surface area (Å²) in [5.41, 5.74) is -2.71. The van der Waals surface area contributed by atoms with E-state index in [1.807, 2.05) is 0 Å². The van der Waals surface area contributed by atoms with Gasteiger partial charge in [-0.2, -0.15) is 18.3 Å². The minimum atomic E-state index is -4.80. The van der Waals surface area contributed by atoms with Crippen molar-refractivity contribution in [2.45, 2.75) is 49.2 Å². The number of nitrogens with zero attached hydrogens (tertiary/aromatic N) is 2. The quantitative estimate of drug-likeness (QED) is 0.505. The average molecular weight is 466 g/mol. The zero-order valence-corrected chi connectivity index (χ0v) is 18.6. The van der Waals surface area contributed by atoms with Crippen LogP contribution in [0, 0.1) is 6.92 Å². The predicted molar refractivity (Wildman–Crippen MR) is 110 cm³/mol. The summed E-state index contributed by atoms with van der Waals surface area (Å²) in [5.74, 6) is -1.78. The van der Waals surface area contributed by atoms with Gasteiger partial charge in [0.2, 0.25) is 15.7 Å². The van der Waals surface area contributed by atoms with E-state index in [1.54, 1.807) is 26.8 Å². The first-order valence-electron chi connectivity index (χ1n) is 9.53. The summed E-state index contributed by atoms with van der Waals surface area (Å²) < 4.78 is 73.4. The summed E-state index contributed by atoms with van der Waals surface area (Å²) in [7, 11) is -4.19. The van der Waals surface area contributed by atoms with Gasteiger partial charge in [-0.25, -0.2) is 17.9 Å². The molecule has 0 aliphatic rings. The molecule has 0 N–H and O–H groups in total. The maximum absolute atomic E-state index is 13.4. The molecule has 0 saturated heterocycles. The standard InChI is InChI=1S/C22H21F3N2O4S/c1-14-18(32(29,30)15-10-6-5-7-11-15)19(27(26-14)21(2,3)4)31-20(28)16-12-8-9-13-17(16)22(23,24)25/h5-13H,1-4H3. The van der Waals surface area contributed by atoms with E-state index >= 15 is 0 Å². The van der Waals surface area contributed by atoms with Crippen molar-refractivity contribution in [1.29, 1.82) is 0 Å². The van der Waals surface area contributed by atoms with Crippen molar-refractivity contribution >= 4 is 15.8 Å². The fraction of sp³-hybridized carbons (Fsp3) is 0.273. The fourth-order valence-electron chi connectivity index (χ4n) is 3.11. The van der Waals surface area contributed by atoms with Gasteiger partial charge in [0, 0.05) is 0 Å². The number of aromatic nitrogens is 2. The average Bonchev–Trinajstić information content (AvgIpc) is 3.05. The summed E-state index contributed by atoms with van der Waals surface area (Å²) >= 11 is 0. The van der Waals surface area contributed by atoms with Crippen LogP contribution in [-0.2, 0) is 21.6 Å². The highest BCUT2D eigenvalue weighted by atomic mass is 32.2. The zero-order chi connectivity index (χ0) is 23.9. The molecule has 3 aromatic rings. The lowest BCUT2D eigenvalue weighted by Crippen LogP contribution is -2.26. The SMILES string of the molecule is Cc1nn(C(C)(C)C)c(OC(=O)c2ccccc2C(F)(F)F)c1S(=O)(=O)c1ccccc1. The first-order valence-corrected chi connectivity index (χ1v) is 11.0. The topological polar surface area (TPSA) is 78.3 Å². The molecule has 0 spiro atoms. The molecule has 2 aromatic carbocycles. The summed E-state index contributed by atoms with van der Waals surface area (Å²) in [4.78, 5) is 12.4. The maximum Gasteiger partial charge on any atom is 0.417 e. The second kappa shape index (κ2) is 8.09. The number of rotatable bonds is 4. The molecular weight excluding hydrogens is 445 g/mol. The molecular formula is C22H21F3N2O4S. The number of hydrogen-bond donors (Lipinski definition) is 0. The Morgan fingerprint density at radius 2 is 1.53 bits per heavy atom. The highest BCUT2D eigenvalue weighted by Crippen LogP contribution is 2.37. The molecule has 0 saturated carbocycles. The largest absolute Gasteiger partial charge is 0.417 e. The van der Waals surface area contributed by atoms with Crippen molar-refractivity contribution in [2.75, 3.05) is 0 Å². The van der Waals surface area contributed by atoms with Crippen molar-refractivity contribution in [3.8, 4) is 5.88 Å². The van der Waals surface area contributed by atoms with E-state index in [-0.39, 0.29) is 15.5 Å². The van der Waals surface area contributed by atoms with Crippen LogP contribution in [0.2, 0.25) is 0 Å². The molecule has 6 nitrogen and oxygen atoms in total. The number of halogens is 3. The number of sulfone groups is 1. The van der Waals surface area contributed by atoms with Crippen molar-refractivity contribution < 1.29 is 31.1 Å². The van der Waals surface area contributed by atoms with Crippen LogP contribution < -0.4 is 4.74 Å². The highest BCUT2D eigenvalue weighted by Gasteiger charge is 2.38. The highest BCUT2D eigenvalue weighted by molar-refractivity contribution is 7.91. The van der Waals surface area contributed by atoms with Crippen LogP contribution in [-0.4, -0.2) is 24.2 Å². The number of carbonyl (C=O) groups excluding carboxylic acids is 1. The Kier molecular flexibility index (Phi) is 5.94. The Balaban J connectivity index is 2.20. The number of alkyl halides is 3. The molecule has 32 heavy (non-hydrogen) atoms. The molecule has 10 heteroatoms. The van der Waals surface area contributed by atoms with E-state index in [2.05, 4.69) is 5.10 Å². The van der Waals surface area contributed by atoms with Crippen LogP contribution in [0.3, 0.4) is 0 Å². The van der Waals surface area contributed by atoms with E-state index < -0.39 is 44.5 Å². The van der Waals surface area contributed by atoms with Crippen LogP contribution >= 0.6 is 0 Å². The molecule has 0 radical (unpaired) electrons. The monoisotopic (exact) mass is 466 g/mol. The third kappa shape index (κ3) is 4.40. The molecule has 0 fully saturated rings. The molecule has 0 amide bonds. The van der Waals surface area contributed by atoms with Gasteiger partial charge in [-0.05, 0) is 52.0 Å². The van der Waals surface area contributed by atoms with E-state index in [1.165, 1.54) is 41.9 Å². The summed E-state index contributed by atoms with van der Waals surface area (Å²) in [6.07, 6.45) is -4.80. The number of esters is 1. The smallest absolute Gasteiger partial charge is 0.403 e. The van der Waals surface area contributed by atoms with Gasteiger partial charge in [0.1, 0.15) is 0 Å². The number of hydrogen-bond acceptors (Lipinski definition) is 5. The van der Waals surface area contributed by atoms with Crippen molar-refractivity contribution in [3.63, 3.8) is 0 Å². The van der Waals surface area contributed by atoms with Gasteiger partial charge < -0.3 is 4.74 Å². The molecule has 0 unspecified atom stereocenters. The molecule has 1 aromatic heterocycles. The molecule has 0 aliphatic carbocycles. The van der Waals surface area contributed by atoms with Crippen molar-refractivity contribution in [3.05, 3.63) is 71.4 Å². The molecule has 0 aliphatic heterocycles. The molecule has 1 heterocycles. The van der Waals surface area contributed by atoms with E-state index in [0.29, 0.717) is 0 Å². The van der Waals surface area contributed by atoms with E-state index in [0.717, 1.165) is 18.2 Å². The maximum atomic E-state index is 13.4. The first kappa shape index (κ1) is 23.5. The molecule has 0 atom stereocenters. The van der Waals surface area contributed by atoms with E-state index in [4.69, 9.17) is 4.74 Å². The Morgan fingerprint density at radius 1 is 0.969 bits per heavy atom. The number of carbonyl (C=O) groups is 1. The predicted octanol–water partition coefficient (Wildman–Crippen LogP) is 5.02. The lowest BCUT2D eigenvalue weighted by atomic mass is 10.1. The Bertz CT molecular complexity index is 1260. The van der Waals surface area contributed by atoms with Gasteiger partial charge in [0.05, 0.1) is 27.3 Å². The van der Waals surface area contributed by atoms with Crippen LogP contribution in [0.5, 0.6) is 5.88 Å². The van der Waals surface area contributed by atoms with Crippen LogP contribution in [0.15, 0.2) is 64.4 Å². The van der Waals surface area contributed by atoms with Gasteiger partial charge in [0.15, 0.2) is 4.90 Å². The third-order valence-electron chi connectivity index (χ3n) is 4.56. The second-order valence-electron chi connectivity index (χ2n) is 8.05. The lowest BCUT2D eigenvalue weighted by Gasteiger charge is -2.22. The Hall–Kier alpha value is -3.14. The summed E-state index contributed by atoms with van der Waals surface area (Å²) in [6, 6.07) is 11.6. The van der Waals surface area contributed by atoms with Crippen LogP contribution in [0.25, 0.3) is 0 Å². The minimum Gasteiger partial charge on any atom is -0.403 e. The van der Waals surface area contributed by atoms with E-state index in [9.17, 15) is 26.4 Å². The number of ether oxygens (including phenoxy) is 1. The van der Waals surface area contributed by atoms with Crippen LogP contribution in [0.1, 0.15) is 42.4 Å². The lowest BCUT2D eigenvalue weighted by molar-refractivity contribution is -0.138. The summed E-state index contributed by atoms with van der Waals surface area (Å²) in [6.45, 7) is 6.51. The van der Waals surface area contributed by atoms with Gasteiger partial charge in [-0.15, -0.1) is 0 Å².